The van der Waals surface area contributed by atoms with Crippen molar-refractivity contribution < 1.29 is 29.7 Å². The largest absolute Gasteiger partial charge is 3.00 e. The first-order chi connectivity index (χ1) is 6.81. The molecule has 9 nitrogen and oxygen atoms in total. The molecule has 0 unspecified atom stereocenters. The number of nitriles is 3. The summed E-state index contributed by atoms with van der Waals surface area (Å²) in [6.07, 6.45) is 0. The predicted molar refractivity (Wildman–Crippen MR) is 37.6 cm³/mol. The van der Waals surface area contributed by atoms with Gasteiger partial charge in [-0.2, -0.15) is 15.8 Å². The number of aliphatic carboxylic acids is 3. The molecule has 0 heterocycles. The average molecular weight is 237 g/mol. The summed E-state index contributed by atoms with van der Waals surface area (Å²) >= 11 is 0. The van der Waals surface area contributed by atoms with Gasteiger partial charge in [0.15, 0.2) is 0 Å². The zero-order valence-corrected chi connectivity index (χ0v) is 8.52. The molecule has 0 bridgehead atoms. The predicted octanol–water partition coefficient (Wildman–Crippen LogP) is -5.60. The van der Waals surface area contributed by atoms with E-state index in [1.807, 2.05) is 0 Å². The molecule has 0 aromatic heterocycles. The normalized spacial score (nSPS) is 5.06. The van der Waals surface area contributed by atoms with Gasteiger partial charge in [0.05, 0.1) is 0 Å². The van der Waals surface area contributed by atoms with E-state index in [0.717, 1.165) is 18.2 Å². The molecule has 0 aliphatic rings. The second-order valence-electron chi connectivity index (χ2n) is 1.20. The number of carbonyl (C=O) groups is 3. The fourth-order valence-corrected chi connectivity index (χ4v) is 0. The number of nitrogens with zero attached hydrogens (tertiary/aromatic N) is 3. The van der Waals surface area contributed by atoms with Gasteiger partial charge in [0.2, 0.25) is 0 Å². The molecule has 0 saturated carbocycles. The van der Waals surface area contributed by atoms with Crippen molar-refractivity contribution in [3.8, 4) is 18.2 Å². The van der Waals surface area contributed by atoms with E-state index in [9.17, 15) is 0 Å². The monoisotopic (exact) mass is 237 g/mol. The Hall–Kier alpha value is -2.59. The van der Waals surface area contributed by atoms with Crippen LogP contribution in [0, 0.1) is 34.0 Å². The van der Waals surface area contributed by atoms with E-state index in [1.54, 1.807) is 0 Å². The second kappa shape index (κ2) is 18.2. The summed E-state index contributed by atoms with van der Waals surface area (Å²) in [5, 5.41) is 48.4. The molecule has 0 spiro atoms. The third-order valence-corrected chi connectivity index (χ3v) is 0.274. The molecule has 16 heavy (non-hydrogen) atoms. The fourth-order valence-electron chi connectivity index (χ4n) is 0. The summed E-state index contributed by atoms with van der Waals surface area (Å²) < 4.78 is 0. The van der Waals surface area contributed by atoms with Gasteiger partial charge < -0.3 is 29.7 Å². The third-order valence-electron chi connectivity index (χ3n) is 0.274. The van der Waals surface area contributed by atoms with Gasteiger partial charge in [-0.25, -0.2) is 0 Å². The van der Waals surface area contributed by atoms with Crippen LogP contribution in [0.1, 0.15) is 0 Å². The van der Waals surface area contributed by atoms with Crippen LogP contribution in [0.2, 0.25) is 0 Å². The molecule has 78 valence electrons. The molecule has 0 atom stereocenters. The minimum absolute atomic E-state index is 0. The molecule has 0 rings (SSSR count). The van der Waals surface area contributed by atoms with Crippen molar-refractivity contribution in [3.05, 3.63) is 0 Å². The Kier molecular flexibility index (Phi) is 26.6. The van der Waals surface area contributed by atoms with Crippen LogP contribution in [0.5, 0.6) is 0 Å². The van der Waals surface area contributed by atoms with Crippen molar-refractivity contribution in [3.63, 3.8) is 0 Å². The molecule has 0 aliphatic heterocycles. The van der Waals surface area contributed by atoms with Crippen LogP contribution in [-0.4, -0.2) is 35.3 Å². The third kappa shape index (κ3) is 106. The van der Waals surface area contributed by atoms with E-state index in [0.29, 0.717) is 0 Å². The number of hydrogen-bond donors (Lipinski definition) is 0. The van der Waals surface area contributed by atoms with E-state index >= 15 is 0 Å². The number of carboxylic acid groups (broad SMARTS) is 3. The maximum absolute atomic E-state index is 8.90. The van der Waals surface area contributed by atoms with Gasteiger partial charge in [0.1, 0.15) is 36.1 Å². The van der Waals surface area contributed by atoms with Crippen LogP contribution < -0.4 is 15.3 Å². The molecule has 10 heteroatoms. The van der Waals surface area contributed by atoms with Gasteiger partial charge in [-0.3, -0.25) is 0 Å². The first kappa shape index (κ1) is 23.3. The van der Waals surface area contributed by atoms with E-state index in [1.165, 1.54) is 0 Å². The molecule has 0 aromatic carbocycles. The molecule has 0 aliphatic carbocycles. The van der Waals surface area contributed by atoms with Gasteiger partial charge in [0, 0.05) is 0 Å². The Balaban J connectivity index is -0.0000000655. The van der Waals surface area contributed by atoms with E-state index < -0.39 is 17.9 Å². The molecule has 0 fully saturated rings. The molecule has 0 amide bonds. The maximum atomic E-state index is 8.90. The van der Waals surface area contributed by atoms with Gasteiger partial charge in [0.25, 0.3) is 0 Å². The van der Waals surface area contributed by atoms with Crippen molar-refractivity contribution in [1.29, 1.82) is 15.8 Å². The first-order valence-electron chi connectivity index (χ1n) is 2.65. The van der Waals surface area contributed by atoms with Crippen LogP contribution in [-0.2, 0) is 14.4 Å². The molecular formula is C6AlN3O6. The number of carbonyl (C=O) groups excluding carboxylic acids is 3. The van der Waals surface area contributed by atoms with E-state index in [-0.39, 0.29) is 17.4 Å². The molecule has 0 saturated heterocycles. The summed E-state index contributed by atoms with van der Waals surface area (Å²) in [5.74, 6) is -5.07. The topological polar surface area (TPSA) is 192 Å². The van der Waals surface area contributed by atoms with Crippen LogP contribution in [0.4, 0.5) is 0 Å². The average Bonchev–Trinajstić information content (AvgIpc) is 2.19. The smallest absolute Gasteiger partial charge is 0.535 e. The summed E-state index contributed by atoms with van der Waals surface area (Å²) in [4.78, 5) is 26.7. The number of carboxylic acids is 3. The SMILES string of the molecule is N#CC(=O)[O-].N#CC(=O)[O-].N#CC(=O)[O-].[Al+3]. The van der Waals surface area contributed by atoms with Gasteiger partial charge >= 0.3 is 17.4 Å². The number of rotatable bonds is 0. The zero-order chi connectivity index (χ0) is 12.9. The molecule has 0 aromatic rings. The van der Waals surface area contributed by atoms with Crippen molar-refractivity contribution in [1.82, 2.24) is 0 Å². The molecule has 0 N–H and O–H groups in total. The summed E-state index contributed by atoms with van der Waals surface area (Å²) in [5.41, 5.74) is 0. The van der Waals surface area contributed by atoms with E-state index in [4.69, 9.17) is 45.5 Å². The van der Waals surface area contributed by atoms with E-state index in [2.05, 4.69) is 0 Å². The molecule has 0 radical (unpaired) electrons. The second-order valence-corrected chi connectivity index (χ2v) is 1.20. The standard InChI is InChI=1S/3C2HNO2.Al/c3*3-1-2(4)5;/h3*(H,4,5);/q;;;+3/p-3. The Labute approximate surface area is 99.5 Å². The number of hydrogen-bond acceptors (Lipinski definition) is 9. The van der Waals surface area contributed by atoms with Crippen molar-refractivity contribution in [2.24, 2.45) is 0 Å². The summed E-state index contributed by atoms with van der Waals surface area (Å²) in [7, 11) is 0. The summed E-state index contributed by atoms with van der Waals surface area (Å²) in [6, 6.07) is 2.50. The van der Waals surface area contributed by atoms with Crippen LogP contribution in [0.25, 0.3) is 0 Å². The minimum Gasteiger partial charge on any atom is -0.535 e. The Morgan fingerprint density at radius 2 is 0.750 bits per heavy atom. The van der Waals surface area contributed by atoms with Gasteiger partial charge in [-0.1, -0.05) is 0 Å². The Bertz CT molecular complexity index is 303. The Morgan fingerprint density at radius 1 is 0.688 bits per heavy atom. The summed E-state index contributed by atoms with van der Waals surface area (Å²) in [6.45, 7) is 0. The molecular weight excluding hydrogens is 237 g/mol. The van der Waals surface area contributed by atoms with Crippen LogP contribution in [0.15, 0.2) is 0 Å². The van der Waals surface area contributed by atoms with Crippen molar-refractivity contribution in [2.75, 3.05) is 0 Å². The first-order valence-corrected chi connectivity index (χ1v) is 2.65. The van der Waals surface area contributed by atoms with Crippen molar-refractivity contribution >= 4 is 35.3 Å². The minimum atomic E-state index is -1.69. The fraction of sp³-hybridized carbons (Fsp3) is 0. The van der Waals surface area contributed by atoms with Gasteiger partial charge in [-0.05, 0) is 0 Å². The van der Waals surface area contributed by atoms with Crippen molar-refractivity contribution in [2.45, 2.75) is 0 Å². The van der Waals surface area contributed by atoms with Gasteiger partial charge in [-0.15, -0.1) is 0 Å². The maximum Gasteiger partial charge on any atom is 3.00 e. The van der Waals surface area contributed by atoms with Crippen LogP contribution >= 0.6 is 0 Å². The zero-order valence-electron chi connectivity index (χ0n) is 7.37. The quantitative estimate of drug-likeness (QED) is 0.291. The Morgan fingerprint density at radius 3 is 0.750 bits per heavy atom. The van der Waals surface area contributed by atoms with Crippen LogP contribution in [0.3, 0.4) is 0 Å².